The van der Waals surface area contributed by atoms with Crippen LogP contribution in [-0.2, 0) is 14.4 Å². The first kappa shape index (κ1) is 26.0. The van der Waals surface area contributed by atoms with Crippen molar-refractivity contribution in [2.75, 3.05) is 11.9 Å². The number of anilines is 1. The third-order valence-corrected chi connectivity index (χ3v) is 7.60. The van der Waals surface area contributed by atoms with Gasteiger partial charge in [-0.1, -0.05) is 52.0 Å². The number of dihydropyridines is 1. The van der Waals surface area contributed by atoms with Crippen LogP contribution in [0.1, 0.15) is 70.4 Å². The Morgan fingerprint density at radius 1 is 0.895 bits per heavy atom. The van der Waals surface area contributed by atoms with E-state index in [-0.39, 0.29) is 40.8 Å². The monoisotopic (exact) mass is 512 g/mol. The molecule has 2 aromatic carbocycles. The summed E-state index contributed by atoms with van der Waals surface area (Å²) in [5, 5.41) is 6.39. The number of hydrogen-bond donors (Lipinski definition) is 2. The molecule has 3 aliphatic rings. The predicted molar refractivity (Wildman–Crippen MR) is 148 cm³/mol. The van der Waals surface area contributed by atoms with Gasteiger partial charge in [-0.15, -0.1) is 0 Å². The molecule has 6 nitrogen and oxygen atoms in total. The molecule has 0 atom stereocenters. The molecule has 2 aliphatic carbocycles. The maximum atomic E-state index is 13.5. The van der Waals surface area contributed by atoms with Gasteiger partial charge in [0.05, 0.1) is 0 Å². The third kappa shape index (κ3) is 5.31. The molecule has 0 aromatic heterocycles. The van der Waals surface area contributed by atoms with Gasteiger partial charge in [-0.25, -0.2) is 0 Å². The lowest BCUT2D eigenvalue weighted by atomic mass is 9.64. The number of benzene rings is 2. The van der Waals surface area contributed by atoms with E-state index in [0.29, 0.717) is 18.6 Å². The highest BCUT2D eigenvalue weighted by atomic mass is 16.5. The summed E-state index contributed by atoms with van der Waals surface area (Å²) in [4.78, 5) is 39.3. The van der Waals surface area contributed by atoms with Crippen LogP contribution in [0.25, 0.3) is 0 Å². The Kier molecular flexibility index (Phi) is 6.54. The molecule has 2 N–H and O–H groups in total. The van der Waals surface area contributed by atoms with Gasteiger partial charge < -0.3 is 15.4 Å². The molecule has 2 aromatic rings. The van der Waals surface area contributed by atoms with E-state index < -0.39 is 0 Å². The molecule has 0 unspecified atom stereocenters. The second-order valence-corrected chi connectivity index (χ2v) is 12.5. The first-order valence-corrected chi connectivity index (χ1v) is 13.3. The number of aryl methyl sites for hydroxylation is 1. The first-order valence-electron chi connectivity index (χ1n) is 13.3. The minimum atomic E-state index is -0.382. The Hall–Kier alpha value is -3.67. The average Bonchev–Trinajstić information content (AvgIpc) is 2.80. The van der Waals surface area contributed by atoms with Crippen LogP contribution < -0.4 is 15.4 Å². The minimum Gasteiger partial charge on any atom is -0.484 e. The highest BCUT2D eigenvalue weighted by Crippen LogP contribution is 2.51. The molecule has 0 bridgehead atoms. The molecule has 1 aliphatic heterocycles. The number of nitrogens with one attached hydrogen (secondary N) is 2. The van der Waals surface area contributed by atoms with E-state index in [9.17, 15) is 14.4 Å². The van der Waals surface area contributed by atoms with Crippen LogP contribution in [0.2, 0.25) is 0 Å². The van der Waals surface area contributed by atoms with Crippen molar-refractivity contribution < 1.29 is 19.1 Å². The lowest BCUT2D eigenvalue weighted by molar-refractivity contribution is -0.119. The van der Waals surface area contributed by atoms with Gasteiger partial charge in [-0.3, -0.25) is 14.4 Å². The van der Waals surface area contributed by atoms with Crippen molar-refractivity contribution in [3.8, 4) is 5.75 Å². The third-order valence-electron chi connectivity index (χ3n) is 7.60. The number of rotatable bonds is 5. The SMILES string of the molecule is Cc1cccc(NC(=O)COc2ccc(C3C4=C(CC(C)(C)CC4=O)NC4=C3C(=O)CC(C)(C)C4)cc2)c1. The summed E-state index contributed by atoms with van der Waals surface area (Å²) < 4.78 is 5.74. The number of Topliss-reactive ketones (excluding diaryl/α,β-unsaturated/α-hetero) is 2. The standard InChI is InChI=1S/C32H36N2O4/c1-19-7-6-8-21(13-19)33-27(37)18-38-22-11-9-20(10-12-22)28-29-23(14-31(2,3)16-25(29)35)34-24-15-32(4,5)17-26(36)30(24)28/h6-13,28,34H,14-18H2,1-5H3,(H,33,37). The second-order valence-electron chi connectivity index (χ2n) is 12.5. The van der Waals surface area contributed by atoms with Crippen molar-refractivity contribution in [2.45, 2.75) is 66.2 Å². The van der Waals surface area contributed by atoms with Crippen LogP contribution in [-0.4, -0.2) is 24.1 Å². The number of hydrogen-bond acceptors (Lipinski definition) is 5. The smallest absolute Gasteiger partial charge is 0.262 e. The predicted octanol–water partition coefficient (Wildman–Crippen LogP) is 5.99. The van der Waals surface area contributed by atoms with Crippen LogP contribution in [0, 0.1) is 17.8 Å². The fraction of sp³-hybridized carbons (Fsp3) is 0.406. The van der Waals surface area contributed by atoms with Crippen molar-refractivity contribution in [2.24, 2.45) is 10.8 Å². The Morgan fingerprint density at radius 3 is 2.03 bits per heavy atom. The van der Waals surface area contributed by atoms with Crippen molar-refractivity contribution in [3.05, 3.63) is 82.2 Å². The highest BCUT2D eigenvalue weighted by Gasteiger charge is 2.46. The Morgan fingerprint density at radius 2 is 1.47 bits per heavy atom. The number of ketones is 2. The summed E-state index contributed by atoms with van der Waals surface area (Å²) in [6, 6.07) is 15.1. The lowest BCUT2D eigenvalue weighted by Crippen LogP contribution is -2.42. The molecule has 5 rings (SSSR count). The van der Waals surface area contributed by atoms with Gasteiger partial charge in [0.1, 0.15) is 5.75 Å². The van der Waals surface area contributed by atoms with Crippen molar-refractivity contribution in [1.29, 1.82) is 0 Å². The Bertz CT molecular complexity index is 1330. The fourth-order valence-corrected chi connectivity index (χ4v) is 6.05. The zero-order valence-corrected chi connectivity index (χ0v) is 22.9. The molecule has 38 heavy (non-hydrogen) atoms. The molecule has 0 saturated heterocycles. The molecule has 0 fully saturated rings. The fourth-order valence-electron chi connectivity index (χ4n) is 6.05. The summed E-state index contributed by atoms with van der Waals surface area (Å²) in [6.45, 7) is 10.3. The van der Waals surface area contributed by atoms with E-state index >= 15 is 0 Å². The molecular weight excluding hydrogens is 476 g/mol. The summed E-state index contributed by atoms with van der Waals surface area (Å²) in [6.07, 6.45) is 2.47. The van der Waals surface area contributed by atoms with Crippen molar-refractivity contribution >= 4 is 23.2 Å². The lowest BCUT2D eigenvalue weighted by Gasteiger charge is -2.44. The summed E-state index contributed by atoms with van der Waals surface area (Å²) >= 11 is 0. The maximum absolute atomic E-state index is 13.5. The molecule has 198 valence electrons. The van der Waals surface area contributed by atoms with Gasteiger partial charge in [0.2, 0.25) is 0 Å². The van der Waals surface area contributed by atoms with Crippen molar-refractivity contribution in [3.63, 3.8) is 0 Å². The normalized spacial score (nSPS) is 20.4. The van der Waals surface area contributed by atoms with Crippen LogP contribution in [0.3, 0.4) is 0 Å². The van der Waals surface area contributed by atoms with Gasteiger partial charge in [-0.05, 0) is 66.0 Å². The molecule has 1 heterocycles. The molecule has 0 spiro atoms. The zero-order chi connectivity index (χ0) is 27.2. The number of amides is 1. The molecular formula is C32H36N2O4. The maximum Gasteiger partial charge on any atom is 0.262 e. The topological polar surface area (TPSA) is 84.5 Å². The van der Waals surface area contributed by atoms with E-state index in [0.717, 1.165) is 52.2 Å². The van der Waals surface area contributed by atoms with Gasteiger partial charge in [0.15, 0.2) is 18.2 Å². The largest absolute Gasteiger partial charge is 0.484 e. The summed E-state index contributed by atoms with van der Waals surface area (Å²) in [7, 11) is 0. The van der Waals surface area contributed by atoms with Gasteiger partial charge >= 0.3 is 0 Å². The zero-order valence-electron chi connectivity index (χ0n) is 22.9. The number of ether oxygens (including phenoxy) is 1. The Balaban J connectivity index is 1.39. The molecule has 0 radical (unpaired) electrons. The quantitative estimate of drug-likeness (QED) is 0.514. The molecule has 6 heteroatoms. The second kappa shape index (κ2) is 9.57. The van der Waals surface area contributed by atoms with Crippen LogP contribution in [0.15, 0.2) is 71.1 Å². The average molecular weight is 513 g/mol. The molecule has 0 saturated carbocycles. The van der Waals surface area contributed by atoms with Gasteiger partial charge in [-0.2, -0.15) is 0 Å². The van der Waals surface area contributed by atoms with E-state index in [4.69, 9.17) is 4.74 Å². The van der Waals surface area contributed by atoms with Gasteiger partial charge in [0.25, 0.3) is 5.91 Å². The Labute approximate surface area is 224 Å². The van der Waals surface area contributed by atoms with E-state index in [2.05, 4.69) is 38.3 Å². The summed E-state index contributed by atoms with van der Waals surface area (Å²) in [5.74, 6) is 0.135. The summed E-state index contributed by atoms with van der Waals surface area (Å²) in [5.41, 5.74) is 5.78. The minimum absolute atomic E-state index is 0.103. The number of carbonyl (C=O) groups is 3. The van der Waals surface area contributed by atoms with E-state index in [1.807, 2.05) is 55.5 Å². The number of allylic oxidation sites excluding steroid dienone is 4. The van der Waals surface area contributed by atoms with Crippen molar-refractivity contribution in [1.82, 2.24) is 5.32 Å². The first-order chi connectivity index (χ1) is 17.9. The number of carbonyl (C=O) groups excluding carboxylic acids is 3. The highest BCUT2D eigenvalue weighted by molar-refractivity contribution is 6.06. The van der Waals surface area contributed by atoms with Gasteiger partial charge in [0, 0.05) is 47.0 Å². The molecule has 1 amide bonds. The van der Waals surface area contributed by atoms with Crippen LogP contribution in [0.4, 0.5) is 5.69 Å². The van der Waals surface area contributed by atoms with Crippen LogP contribution in [0.5, 0.6) is 5.75 Å². The van der Waals surface area contributed by atoms with E-state index in [1.165, 1.54) is 0 Å². The van der Waals surface area contributed by atoms with E-state index in [1.54, 1.807) is 0 Å². The van der Waals surface area contributed by atoms with Crippen LogP contribution >= 0.6 is 0 Å².